The minimum atomic E-state index is -4.64. The summed E-state index contributed by atoms with van der Waals surface area (Å²) in [5.41, 5.74) is -0.391. The molecule has 5 nitrogen and oxygen atoms in total. The number of nitrogens with zero attached hydrogens (tertiary/aromatic N) is 1. The van der Waals surface area contributed by atoms with E-state index >= 15 is 0 Å². The predicted molar refractivity (Wildman–Crippen MR) is 98.5 cm³/mol. The molecule has 1 heterocycles. The highest BCUT2D eigenvalue weighted by Crippen LogP contribution is 2.31. The average Bonchev–Trinajstić information content (AvgIpc) is 3.01. The topological polar surface area (TPSA) is 66.5 Å². The monoisotopic (exact) mass is 432 g/mol. The van der Waals surface area contributed by atoms with Gasteiger partial charge in [-0.3, -0.25) is 4.79 Å². The standard InChI is InChI=1S/C18H16ClF3N2O3S/c19-14-4-6-15(7-5-14)24-11-12(8-17(24)25)10-23-28(26,27)16-3-1-2-13(9-16)18(20,21)22/h1-7,9,12,23H,8,10-11H2/t12-/m1/s1. The molecule has 150 valence electrons. The minimum Gasteiger partial charge on any atom is -0.312 e. The van der Waals surface area contributed by atoms with E-state index in [1.165, 1.54) is 4.90 Å². The number of carbonyl (C=O) groups is 1. The van der Waals surface area contributed by atoms with Crippen molar-refractivity contribution in [1.29, 1.82) is 0 Å². The zero-order chi connectivity index (χ0) is 20.5. The number of anilines is 1. The Bertz CT molecular complexity index is 978. The quantitative estimate of drug-likeness (QED) is 0.783. The van der Waals surface area contributed by atoms with E-state index in [1.54, 1.807) is 24.3 Å². The second-order valence-corrected chi connectivity index (χ2v) is 8.63. The number of sulfonamides is 1. The summed E-state index contributed by atoms with van der Waals surface area (Å²) >= 11 is 5.83. The molecule has 0 aliphatic carbocycles. The third kappa shape index (κ3) is 4.65. The maximum Gasteiger partial charge on any atom is 0.416 e. The Morgan fingerprint density at radius 2 is 1.82 bits per heavy atom. The number of alkyl halides is 3. The van der Waals surface area contributed by atoms with Gasteiger partial charge in [-0.05, 0) is 48.4 Å². The summed E-state index contributed by atoms with van der Waals surface area (Å²) in [4.78, 5) is 13.3. The van der Waals surface area contributed by atoms with E-state index in [0.717, 1.165) is 18.2 Å². The fourth-order valence-electron chi connectivity index (χ4n) is 2.94. The van der Waals surface area contributed by atoms with Crippen LogP contribution in [0.4, 0.5) is 18.9 Å². The summed E-state index contributed by atoms with van der Waals surface area (Å²) in [6.07, 6.45) is -4.50. The highest BCUT2D eigenvalue weighted by Gasteiger charge is 2.33. The summed E-state index contributed by atoms with van der Waals surface area (Å²) in [6, 6.07) is 10.2. The molecule has 0 bridgehead atoms. The van der Waals surface area contributed by atoms with Crippen molar-refractivity contribution in [2.75, 3.05) is 18.0 Å². The van der Waals surface area contributed by atoms with Gasteiger partial charge in [0.15, 0.2) is 0 Å². The Kier molecular flexibility index (Phi) is 5.69. The van der Waals surface area contributed by atoms with Crippen LogP contribution in [0, 0.1) is 5.92 Å². The highest BCUT2D eigenvalue weighted by molar-refractivity contribution is 7.89. The zero-order valence-corrected chi connectivity index (χ0v) is 16.0. The van der Waals surface area contributed by atoms with Crippen LogP contribution in [0.3, 0.4) is 0 Å². The van der Waals surface area contributed by atoms with E-state index in [4.69, 9.17) is 11.6 Å². The second-order valence-electron chi connectivity index (χ2n) is 6.43. The second kappa shape index (κ2) is 7.73. The molecule has 1 amide bonds. The van der Waals surface area contributed by atoms with Crippen molar-refractivity contribution in [3.05, 3.63) is 59.1 Å². The molecule has 0 radical (unpaired) electrons. The summed E-state index contributed by atoms with van der Waals surface area (Å²) in [5.74, 6) is -0.464. The lowest BCUT2D eigenvalue weighted by molar-refractivity contribution is -0.137. The Balaban J connectivity index is 1.67. The van der Waals surface area contributed by atoms with Gasteiger partial charge >= 0.3 is 6.18 Å². The van der Waals surface area contributed by atoms with Gasteiger partial charge in [0.25, 0.3) is 0 Å². The number of amides is 1. The number of nitrogens with one attached hydrogen (secondary N) is 1. The van der Waals surface area contributed by atoms with Crippen molar-refractivity contribution in [1.82, 2.24) is 4.72 Å². The van der Waals surface area contributed by atoms with Crippen molar-refractivity contribution >= 4 is 33.2 Å². The Hall–Kier alpha value is -2.10. The number of carbonyl (C=O) groups excluding carboxylic acids is 1. The molecule has 28 heavy (non-hydrogen) atoms. The maximum atomic E-state index is 12.8. The molecule has 2 aromatic carbocycles. The fraction of sp³-hybridized carbons (Fsp3) is 0.278. The zero-order valence-electron chi connectivity index (χ0n) is 14.4. The molecular formula is C18H16ClF3N2O3S. The van der Waals surface area contributed by atoms with Crippen LogP contribution in [0.1, 0.15) is 12.0 Å². The third-order valence-electron chi connectivity index (χ3n) is 4.38. The van der Waals surface area contributed by atoms with Crippen molar-refractivity contribution in [2.24, 2.45) is 5.92 Å². The van der Waals surface area contributed by atoms with E-state index < -0.39 is 26.7 Å². The predicted octanol–water partition coefficient (Wildman–Crippen LogP) is 3.69. The lowest BCUT2D eigenvalue weighted by atomic mass is 10.1. The molecule has 1 aliphatic heterocycles. The van der Waals surface area contributed by atoms with Gasteiger partial charge in [-0.25, -0.2) is 13.1 Å². The number of hydrogen-bond donors (Lipinski definition) is 1. The number of rotatable bonds is 5. The normalized spacial score (nSPS) is 17.9. The lowest BCUT2D eigenvalue weighted by Gasteiger charge is -2.17. The Labute approximate surface area is 165 Å². The van der Waals surface area contributed by atoms with Crippen LogP contribution in [-0.2, 0) is 21.0 Å². The van der Waals surface area contributed by atoms with Crippen molar-refractivity contribution in [2.45, 2.75) is 17.5 Å². The van der Waals surface area contributed by atoms with Gasteiger partial charge in [0.1, 0.15) is 0 Å². The number of hydrogen-bond acceptors (Lipinski definition) is 3. The molecule has 1 N–H and O–H groups in total. The van der Waals surface area contributed by atoms with Gasteiger partial charge in [-0.2, -0.15) is 13.2 Å². The van der Waals surface area contributed by atoms with Gasteiger partial charge in [0.2, 0.25) is 15.9 Å². The molecule has 1 atom stereocenters. The fourth-order valence-corrected chi connectivity index (χ4v) is 4.23. The third-order valence-corrected chi connectivity index (χ3v) is 6.05. The van der Waals surface area contributed by atoms with E-state index in [1.807, 2.05) is 0 Å². The SMILES string of the molecule is O=C1C[C@H](CNS(=O)(=O)c2cccc(C(F)(F)F)c2)CN1c1ccc(Cl)cc1. The van der Waals surface area contributed by atoms with Gasteiger partial charge in [0.05, 0.1) is 10.5 Å². The van der Waals surface area contributed by atoms with Gasteiger partial charge in [0, 0.05) is 30.2 Å². The Morgan fingerprint density at radius 1 is 1.14 bits per heavy atom. The maximum absolute atomic E-state index is 12.8. The van der Waals surface area contributed by atoms with Gasteiger partial charge in [-0.15, -0.1) is 0 Å². The summed E-state index contributed by atoms with van der Waals surface area (Å²) < 4.78 is 65.4. The van der Waals surface area contributed by atoms with E-state index in [2.05, 4.69) is 4.72 Å². The largest absolute Gasteiger partial charge is 0.416 e. The van der Waals surface area contributed by atoms with E-state index in [0.29, 0.717) is 23.3 Å². The van der Waals surface area contributed by atoms with Gasteiger partial charge in [-0.1, -0.05) is 17.7 Å². The van der Waals surface area contributed by atoms with Crippen LogP contribution >= 0.6 is 11.6 Å². The molecule has 2 aromatic rings. The molecule has 0 aromatic heterocycles. The number of benzene rings is 2. The van der Waals surface area contributed by atoms with Crippen LogP contribution in [0.15, 0.2) is 53.4 Å². The first kappa shape index (κ1) is 20.6. The summed E-state index contributed by atoms with van der Waals surface area (Å²) in [7, 11) is -4.13. The lowest BCUT2D eigenvalue weighted by Crippen LogP contribution is -2.31. The first-order chi connectivity index (χ1) is 13.1. The Morgan fingerprint density at radius 3 is 2.46 bits per heavy atom. The van der Waals surface area contributed by atoms with E-state index in [-0.39, 0.29) is 24.8 Å². The molecule has 3 rings (SSSR count). The van der Waals surface area contributed by atoms with Crippen molar-refractivity contribution in [3.63, 3.8) is 0 Å². The highest BCUT2D eigenvalue weighted by atomic mass is 35.5. The molecule has 0 spiro atoms. The smallest absolute Gasteiger partial charge is 0.312 e. The van der Waals surface area contributed by atoms with Crippen LogP contribution in [0.25, 0.3) is 0 Å². The minimum absolute atomic E-state index is 0.0611. The molecule has 1 saturated heterocycles. The van der Waals surface area contributed by atoms with Crippen LogP contribution < -0.4 is 9.62 Å². The van der Waals surface area contributed by atoms with Gasteiger partial charge < -0.3 is 4.90 Å². The van der Waals surface area contributed by atoms with Crippen molar-refractivity contribution in [3.8, 4) is 0 Å². The molecule has 0 saturated carbocycles. The van der Waals surface area contributed by atoms with Crippen LogP contribution in [-0.4, -0.2) is 27.4 Å². The summed E-state index contributed by atoms with van der Waals surface area (Å²) in [5, 5.41) is 0.529. The van der Waals surface area contributed by atoms with E-state index in [9.17, 15) is 26.4 Å². The van der Waals surface area contributed by atoms with Crippen LogP contribution in [0.5, 0.6) is 0 Å². The molecular weight excluding hydrogens is 417 g/mol. The molecule has 10 heteroatoms. The van der Waals surface area contributed by atoms with Crippen LogP contribution in [0.2, 0.25) is 5.02 Å². The first-order valence-corrected chi connectivity index (χ1v) is 10.2. The first-order valence-electron chi connectivity index (χ1n) is 8.29. The summed E-state index contributed by atoms with van der Waals surface area (Å²) in [6.45, 7) is 0.236. The molecule has 1 fully saturated rings. The molecule has 0 unspecified atom stereocenters. The average molecular weight is 433 g/mol. The van der Waals surface area contributed by atoms with Crippen molar-refractivity contribution < 1.29 is 26.4 Å². The molecule has 1 aliphatic rings. The number of halogens is 4.